The fraction of sp³-hybridized carbons (Fsp3) is 0.733. The highest BCUT2D eigenvalue weighted by atomic mass is 28.4. The smallest absolute Gasteiger partial charge is 0.192 e. The van der Waals surface area contributed by atoms with Crippen LogP contribution in [0.15, 0.2) is 35.9 Å². The van der Waals surface area contributed by atoms with E-state index in [1.807, 2.05) is 12.1 Å². The van der Waals surface area contributed by atoms with Gasteiger partial charge in [-0.2, -0.15) is 0 Å². The summed E-state index contributed by atoms with van der Waals surface area (Å²) < 4.78 is 29.9. The second kappa shape index (κ2) is 11.7. The molecule has 0 unspecified atom stereocenters. The fourth-order valence-corrected chi connectivity index (χ4v) is 7.88. The third-order valence-corrected chi connectivity index (χ3v) is 13.9. The van der Waals surface area contributed by atoms with Gasteiger partial charge in [-0.05, 0) is 91.6 Å². The molecule has 36 heavy (non-hydrogen) atoms. The number of benzene rings is 1. The zero-order chi connectivity index (χ0) is 25.9. The van der Waals surface area contributed by atoms with Crippen LogP contribution >= 0.6 is 0 Å². The van der Waals surface area contributed by atoms with Crippen LogP contribution in [-0.2, 0) is 25.2 Å². The van der Waals surface area contributed by atoms with Crippen LogP contribution in [-0.4, -0.2) is 48.1 Å². The van der Waals surface area contributed by atoms with Crippen LogP contribution < -0.4 is 4.74 Å². The number of allylic oxidation sites excluding steroid dienone is 1. The van der Waals surface area contributed by atoms with Crippen LogP contribution in [0, 0.1) is 23.7 Å². The van der Waals surface area contributed by atoms with Gasteiger partial charge in [0.05, 0.1) is 26.4 Å². The highest BCUT2D eigenvalue weighted by Crippen LogP contribution is 2.56. The fourth-order valence-electron chi connectivity index (χ4n) is 6.50. The second-order valence-electron chi connectivity index (χ2n) is 12.6. The molecule has 0 spiro atoms. The van der Waals surface area contributed by atoms with Gasteiger partial charge in [-0.1, -0.05) is 44.6 Å². The quantitative estimate of drug-likeness (QED) is 0.137. The highest BCUT2D eigenvalue weighted by Gasteiger charge is 2.53. The molecule has 2 saturated carbocycles. The SMILES string of the molecule is COCO[C@H]1C[C@H]2C(CCOCc3ccc(OC)cc3)=CC[C@H]2[C@@H]2C[C@H](O[Si](C)(C)C(C)(C)C)C[C@@H]21. The minimum atomic E-state index is -1.79. The number of fused-ring (bicyclic) bond motifs is 3. The summed E-state index contributed by atoms with van der Waals surface area (Å²) in [6, 6.07) is 8.13. The molecule has 3 aliphatic rings. The molecular formula is C30H48O5Si. The van der Waals surface area contributed by atoms with Gasteiger partial charge in [0, 0.05) is 13.2 Å². The lowest BCUT2D eigenvalue weighted by atomic mass is 9.66. The summed E-state index contributed by atoms with van der Waals surface area (Å²) in [6.45, 7) is 13.6. The van der Waals surface area contributed by atoms with Crippen LogP contribution in [0.1, 0.15) is 58.4 Å². The third kappa shape index (κ3) is 6.27. The van der Waals surface area contributed by atoms with Crippen molar-refractivity contribution < 1.29 is 23.4 Å². The van der Waals surface area contributed by atoms with E-state index in [1.54, 1.807) is 19.8 Å². The number of hydrogen-bond acceptors (Lipinski definition) is 5. The Morgan fingerprint density at radius 2 is 1.67 bits per heavy atom. The van der Waals surface area contributed by atoms with Crippen molar-refractivity contribution in [1.29, 1.82) is 0 Å². The van der Waals surface area contributed by atoms with E-state index < -0.39 is 8.32 Å². The largest absolute Gasteiger partial charge is 0.497 e. The van der Waals surface area contributed by atoms with Crippen molar-refractivity contribution in [3.8, 4) is 5.75 Å². The number of rotatable bonds is 11. The van der Waals surface area contributed by atoms with Gasteiger partial charge in [-0.3, -0.25) is 0 Å². The maximum atomic E-state index is 6.93. The van der Waals surface area contributed by atoms with Crippen molar-refractivity contribution in [2.45, 2.75) is 89.8 Å². The lowest BCUT2D eigenvalue weighted by molar-refractivity contribution is -0.123. The van der Waals surface area contributed by atoms with Crippen LogP contribution in [0.2, 0.25) is 18.1 Å². The molecule has 0 amide bonds. The first-order chi connectivity index (χ1) is 17.1. The van der Waals surface area contributed by atoms with E-state index in [1.165, 1.54) is 18.4 Å². The molecule has 1 aromatic carbocycles. The summed E-state index contributed by atoms with van der Waals surface area (Å²) in [4.78, 5) is 0. The van der Waals surface area contributed by atoms with Gasteiger partial charge in [0.15, 0.2) is 8.32 Å². The van der Waals surface area contributed by atoms with Crippen LogP contribution in [0.3, 0.4) is 0 Å². The van der Waals surface area contributed by atoms with E-state index in [4.69, 9.17) is 23.4 Å². The first-order valence-corrected chi connectivity index (χ1v) is 16.7. The van der Waals surface area contributed by atoms with Crippen LogP contribution in [0.4, 0.5) is 0 Å². The molecule has 2 fully saturated rings. The molecule has 0 bridgehead atoms. The number of ether oxygens (including phenoxy) is 4. The first kappa shape index (κ1) is 27.8. The van der Waals surface area contributed by atoms with Crippen molar-refractivity contribution in [1.82, 2.24) is 0 Å². The van der Waals surface area contributed by atoms with E-state index in [0.29, 0.717) is 37.3 Å². The molecular weight excluding hydrogens is 468 g/mol. The molecule has 0 saturated heterocycles. The Morgan fingerprint density at radius 1 is 0.944 bits per heavy atom. The Kier molecular flexibility index (Phi) is 9.04. The average molecular weight is 517 g/mol. The normalized spacial score (nSPS) is 30.1. The summed E-state index contributed by atoms with van der Waals surface area (Å²) >= 11 is 0. The summed E-state index contributed by atoms with van der Waals surface area (Å²) in [6.07, 6.45) is 8.76. The molecule has 0 aliphatic heterocycles. The molecule has 202 valence electrons. The van der Waals surface area contributed by atoms with Gasteiger partial charge < -0.3 is 23.4 Å². The standard InChI is InChI=1S/C30H48O5Si/c1-30(2,3)36(6,7)35-24-16-27-25-13-10-22(26(25)18-29(28(27)17-24)34-20-31-4)14-15-33-19-21-8-11-23(32-5)12-9-21/h8-12,24-29H,13-20H2,1-7H3/t24-,25+,26-,27-,28-,29-/m0/s1. The van der Waals surface area contributed by atoms with Gasteiger partial charge in [-0.15, -0.1) is 0 Å². The van der Waals surface area contributed by atoms with Gasteiger partial charge >= 0.3 is 0 Å². The van der Waals surface area contributed by atoms with Crippen LogP contribution in [0.5, 0.6) is 5.75 Å². The predicted molar refractivity (Wildman–Crippen MR) is 147 cm³/mol. The minimum Gasteiger partial charge on any atom is -0.497 e. The molecule has 5 nitrogen and oxygen atoms in total. The molecule has 6 heteroatoms. The molecule has 1 aromatic rings. The Balaban J connectivity index is 1.35. The predicted octanol–water partition coefficient (Wildman–Crippen LogP) is 6.97. The Labute approximate surface area is 220 Å². The number of hydrogen-bond donors (Lipinski definition) is 0. The molecule has 0 aromatic heterocycles. The minimum absolute atomic E-state index is 0.239. The zero-order valence-corrected chi connectivity index (χ0v) is 24.5. The Hall–Kier alpha value is -1.18. The molecule has 0 radical (unpaired) electrons. The Morgan fingerprint density at radius 3 is 2.33 bits per heavy atom. The van der Waals surface area contributed by atoms with E-state index in [2.05, 4.69) is 52.1 Å². The van der Waals surface area contributed by atoms with Crippen LogP contribution in [0.25, 0.3) is 0 Å². The summed E-state index contributed by atoms with van der Waals surface area (Å²) in [5.74, 6) is 3.46. The monoisotopic (exact) mass is 516 g/mol. The van der Waals surface area contributed by atoms with Crippen molar-refractivity contribution in [2.24, 2.45) is 23.7 Å². The molecule has 3 aliphatic carbocycles. The maximum Gasteiger partial charge on any atom is 0.192 e. The second-order valence-corrected chi connectivity index (χ2v) is 17.3. The van der Waals surface area contributed by atoms with Crippen molar-refractivity contribution in [3.63, 3.8) is 0 Å². The molecule has 6 atom stereocenters. The summed E-state index contributed by atoms with van der Waals surface area (Å²) in [7, 11) is 1.63. The maximum absolute atomic E-state index is 6.93. The third-order valence-electron chi connectivity index (χ3n) is 9.41. The molecule has 0 heterocycles. The van der Waals surface area contributed by atoms with Crippen molar-refractivity contribution >= 4 is 8.32 Å². The van der Waals surface area contributed by atoms with Gasteiger partial charge in [0.25, 0.3) is 0 Å². The van der Waals surface area contributed by atoms with Gasteiger partial charge in [0.2, 0.25) is 0 Å². The van der Waals surface area contributed by atoms with E-state index in [9.17, 15) is 0 Å². The van der Waals surface area contributed by atoms with Gasteiger partial charge in [0.1, 0.15) is 12.5 Å². The van der Waals surface area contributed by atoms with E-state index in [0.717, 1.165) is 37.5 Å². The summed E-state index contributed by atoms with van der Waals surface area (Å²) in [5, 5.41) is 0.239. The van der Waals surface area contributed by atoms with Crippen molar-refractivity contribution in [2.75, 3.05) is 27.6 Å². The molecule has 4 rings (SSSR count). The topological polar surface area (TPSA) is 46.2 Å². The van der Waals surface area contributed by atoms with E-state index >= 15 is 0 Å². The highest BCUT2D eigenvalue weighted by molar-refractivity contribution is 6.74. The average Bonchev–Trinajstić information content (AvgIpc) is 3.43. The summed E-state index contributed by atoms with van der Waals surface area (Å²) in [5.41, 5.74) is 2.76. The van der Waals surface area contributed by atoms with Gasteiger partial charge in [-0.25, -0.2) is 0 Å². The lowest BCUT2D eigenvalue weighted by Gasteiger charge is -2.42. The zero-order valence-electron chi connectivity index (χ0n) is 23.5. The lowest BCUT2D eigenvalue weighted by Crippen LogP contribution is -2.43. The molecule has 0 N–H and O–H groups in total. The van der Waals surface area contributed by atoms with E-state index in [-0.39, 0.29) is 11.1 Å². The first-order valence-electron chi connectivity index (χ1n) is 13.8. The number of methoxy groups -OCH3 is 2. The Bertz CT molecular complexity index is 874. The van der Waals surface area contributed by atoms with Crippen molar-refractivity contribution in [3.05, 3.63) is 41.5 Å².